The summed E-state index contributed by atoms with van der Waals surface area (Å²) >= 11 is 5.87. The number of nitrogens with zero attached hydrogens (tertiary/aromatic N) is 2. The lowest BCUT2D eigenvalue weighted by Crippen LogP contribution is -2.31. The number of nitrogens with one attached hydrogen (secondary N) is 1. The van der Waals surface area contributed by atoms with Crippen molar-refractivity contribution in [3.8, 4) is 0 Å². The highest BCUT2D eigenvalue weighted by Crippen LogP contribution is 2.27. The molecule has 1 aromatic heterocycles. The molecule has 4 nitrogen and oxygen atoms in total. The van der Waals surface area contributed by atoms with Crippen LogP contribution in [-0.4, -0.2) is 21.8 Å². The molecule has 0 radical (unpaired) electrons. The molecule has 0 amide bonds. The number of alkyl halides is 3. The van der Waals surface area contributed by atoms with Gasteiger partial charge in [-0.05, 0) is 36.8 Å². The van der Waals surface area contributed by atoms with Crippen molar-refractivity contribution in [3.63, 3.8) is 0 Å². The Hall–Kier alpha value is -1.86. The standard InChI is InChI=1S/C14H13ClF3N3O/c1-13(22,9-3-2-4-10(15)7-9)8-19-12-6-5-11(20-21-12)14(16,17)18/h2-7,22H,8H2,1H3,(H,19,21). The molecule has 118 valence electrons. The quantitative estimate of drug-likeness (QED) is 0.900. The first-order valence-electron chi connectivity index (χ1n) is 6.32. The first kappa shape index (κ1) is 16.5. The van der Waals surface area contributed by atoms with E-state index >= 15 is 0 Å². The van der Waals surface area contributed by atoms with E-state index in [0.717, 1.165) is 12.1 Å². The molecule has 8 heteroatoms. The molecule has 1 unspecified atom stereocenters. The molecule has 1 heterocycles. The van der Waals surface area contributed by atoms with Crippen molar-refractivity contribution in [1.29, 1.82) is 0 Å². The summed E-state index contributed by atoms with van der Waals surface area (Å²) in [5, 5.41) is 20.2. The minimum Gasteiger partial charge on any atom is -0.384 e. The molecule has 22 heavy (non-hydrogen) atoms. The number of hydrogen-bond donors (Lipinski definition) is 2. The third kappa shape index (κ3) is 4.08. The van der Waals surface area contributed by atoms with E-state index in [4.69, 9.17) is 11.6 Å². The number of benzene rings is 1. The van der Waals surface area contributed by atoms with Crippen molar-refractivity contribution >= 4 is 17.4 Å². The van der Waals surface area contributed by atoms with Gasteiger partial charge in [0.15, 0.2) is 5.69 Å². The summed E-state index contributed by atoms with van der Waals surface area (Å²) in [4.78, 5) is 0. The second kappa shape index (κ2) is 6.10. The fourth-order valence-electron chi connectivity index (χ4n) is 1.77. The predicted octanol–water partition coefficient (Wildman–Crippen LogP) is 3.47. The van der Waals surface area contributed by atoms with E-state index in [1.54, 1.807) is 31.2 Å². The summed E-state index contributed by atoms with van der Waals surface area (Å²) in [5.41, 5.74) is -1.76. The van der Waals surface area contributed by atoms with Crippen molar-refractivity contribution in [2.24, 2.45) is 0 Å². The largest absolute Gasteiger partial charge is 0.435 e. The molecule has 0 aliphatic carbocycles. The third-order valence-corrected chi connectivity index (χ3v) is 3.25. The first-order chi connectivity index (χ1) is 10.2. The molecule has 1 atom stereocenters. The topological polar surface area (TPSA) is 58.0 Å². The van der Waals surface area contributed by atoms with Gasteiger partial charge in [-0.15, -0.1) is 10.2 Å². The Kier molecular flexibility index (Phi) is 4.58. The van der Waals surface area contributed by atoms with Gasteiger partial charge in [-0.25, -0.2) is 0 Å². The molecule has 0 fully saturated rings. The smallest absolute Gasteiger partial charge is 0.384 e. The van der Waals surface area contributed by atoms with E-state index in [-0.39, 0.29) is 12.4 Å². The van der Waals surface area contributed by atoms with Gasteiger partial charge in [0.1, 0.15) is 11.4 Å². The van der Waals surface area contributed by atoms with Crippen LogP contribution in [-0.2, 0) is 11.8 Å². The number of aliphatic hydroxyl groups is 1. The fourth-order valence-corrected chi connectivity index (χ4v) is 1.96. The molecule has 2 aromatic rings. The van der Waals surface area contributed by atoms with Gasteiger partial charge in [-0.1, -0.05) is 23.7 Å². The maximum Gasteiger partial charge on any atom is 0.435 e. The lowest BCUT2D eigenvalue weighted by atomic mass is 9.96. The number of rotatable bonds is 4. The molecular formula is C14H13ClF3N3O. The zero-order valence-corrected chi connectivity index (χ0v) is 12.3. The lowest BCUT2D eigenvalue weighted by molar-refractivity contribution is -0.141. The van der Waals surface area contributed by atoms with Crippen LogP contribution in [0.3, 0.4) is 0 Å². The zero-order valence-electron chi connectivity index (χ0n) is 11.5. The van der Waals surface area contributed by atoms with Crippen molar-refractivity contribution in [2.45, 2.75) is 18.7 Å². The van der Waals surface area contributed by atoms with Gasteiger partial charge in [0.2, 0.25) is 0 Å². The van der Waals surface area contributed by atoms with Gasteiger partial charge in [-0.2, -0.15) is 13.2 Å². The maximum absolute atomic E-state index is 12.4. The van der Waals surface area contributed by atoms with E-state index in [9.17, 15) is 18.3 Å². The van der Waals surface area contributed by atoms with Crippen LogP contribution in [0.2, 0.25) is 5.02 Å². The predicted molar refractivity (Wildman–Crippen MR) is 76.5 cm³/mol. The van der Waals surface area contributed by atoms with E-state index < -0.39 is 17.5 Å². The maximum atomic E-state index is 12.4. The molecule has 2 N–H and O–H groups in total. The SMILES string of the molecule is CC(O)(CNc1ccc(C(F)(F)F)nn1)c1cccc(Cl)c1. The summed E-state index contributed by atoms with van der Waals surface area (Å²) in [7, 11) is 0. The fraction of sp³-hybridized carbons (Fsp3) is 0.286. The van der Waals surface area contributed by atoms with Crippen molar-refractivity contribution in [3.05, 3.63) is 52.7 Å². The highest BCUT2D eigenvalue weighted by Gasteiger charge is 2.33. The summed E-state index contributed by atoms with van der Waals surface area (Å²) in [5.74, 6) is 0.135. The molecule has 0 aliphatic rings. The van der Waals surface area contributed by atoms with Crippen LogP contribution in [0, 0.1) is 0 Å². The van der Waals surface area contributed by atoms with Crippen LogP contribution in [0.5, 0.6) is 0 Å². The summed E-state index contributed by atoms with van der Waals surface area (Å²) < 4.78 is 37.1. The molecule has 2 rings (SSSR count). The normalized spacial score (nSPS) is 14.5. The molecule has 0 saturated heterocycles. The highest BCUT2D eigenvalue weighted by atomic mass is 35.5. The van der Waals surface area contributed by atoms with E-state index in [2.05, 4.69) is 15.5 Å². The average molecular weight is 332 g/mol. The summed E-state index contributed by atoms with van der Waals surface area (Å²) in [6.07, 6.45) is -4.53. The van der Waals surface area contributed by atoms with Crippen LogP contribution in [0.15, 0.2) is 36.4 Å². The van der Waals surface area contributed by atoms with Gasteiger partial charge in [0, 0.05) is 11.6 Å². The summed E-state index contributed by atoms with van der Waals surface area (Å²) in [6.45, 7) is 1.59. The summed E-state index contributed by atoms with van der Waals surface area (Å²) in [6, 6.07) is 8.67. The first-order valence-corrected chi connectivity index (χ1v) is 6.69. The monoisotopic (exact) mass is 331 g/mol. The molecule has 1 aromatic carbocycles. The van der Waals surface area contributed by atoms with Crippen LogP contribution >= 0.6 is 11.6 Å². The Balaban J connectivity index is 2.06. The van der Waals surface area contributed by atoms with E-state index in [0.29, 0.717) is 10.6 Å². The van der Waals surface area contributed by atoms with Crippen LogP contribution in [0.25, 0.3) is 0 Å². The lowest BCUT2D eigenvalue weighted by Gasteiger charge is -2.24. The average Bonchev–Trinajstić information content (AvgIpc) is 2.45. The van der Waals surface area contributed by atoms with E-state index in [1.165, 1.54) is 0 Å². The van der Waals surface area contributed by atoms with Crippen molar-refractivity contribution in [2.75, 3.05) is 11.9 Å². The third-order valence-electron chi connectivity index (χ3n) is 3.02. The Morgan fingerprint density at radius 2 is 1.91 bits per heavy atom. The number of hydrogen-bond acceptors (Lipinski definition) is 4. The minimum atomic E-state index is -4.53. The second-order valence-corrected chi connectivity index (χ2v) is 5.38. The molecule has 0 bridgehead atoms. The Morgan fingerprint density at radius 1 is 1.18 bits per heavy atom. The van der Waals surface area contributed by atoms with Crippen molar-refractivity contribution in [1.82, 2.24) is 10.2 Å². The Bertz CT molecular complexity index is 645. The van der Waals surface area contributed by atoms with E-state index in [1.807, 2.05) is 0 Å². The minimum absolute atomic E-state index is 0.0351. The number of halogens is 4. The van der Waals surface area contributed by atoms with Gasteiger partial charge in [-0.3, -0.25) is 0 Å². The molecular weight excluding hydrogens is 319 g/mol. The van der Waals surface area contributed by atoms with Crippen LogP contribution < -0.4 is 5.32 Å². The second-order valence-electron chi connectivity index (χ2n) is 4.94. The molecule has 0 aliphatic heterocycles. The van der Waals surface area contributed by atoms with Gasteiger partial charge in [0.25, 0.3) is 0 Å². The molecule has 0 saturated carbocycles. The van der Waals surface area contributed by atoms with Gasteiger partial charge in [0.05, 0.1) is 0 Å². The highest BCUT2D eigenvalue weighted by molar-refractivity contribution is 6.30. The number of anilines is 1. The van der Waals surface area contributed by atoms with Gasteiger partial charge >= 0.3 is 6.18 Å². The Labute approximate surface area is 129 Å². The van der Waals surface area contributed by atoms with Gasteiger partial charge < -0.3 is 10.4 Å². The number of aromatic nitrogens is 2. The Morgan fingerprint density at radius 3 is 2.45 bits per heavy atom. The van der Waals surface area contributed by atoms with Crippen LogP contribution in [0.1, 0.15) is 18.2 Å². The van der Waals surface area contributed by atoms with Crippen molar-refractivity contribution < 1.29 is 18.3 Å². The van der Waals surface area contributed by atoms with Crippen LogP contribution in [0.4, 0.5) is 19.0 Å². The molecule has 0 spiro atoms. The zero-order chi connectivity index (χ0) is 16.4.